The van der Waals surface area contributed by atoms with Crippen LogP contribution < -0.4 is 9.47 Å². The molecular weight excluding hydrogens is 296 g/mol. The highest BCUT2D eigenvalue weighted by Crippen LogP contribution is 2.38. The van der Waals surface area contributed by atoms with E-state index in [-0.39, 0.29) is 0 Å². The van der Waals surface area contributed by atoms with Crippen LogP contribution in [0.25, 0.3) is 11.1 Å². The van der Waals surface area contributed by atoms with Gasteiger partial charge in [-0.2, -0.15) is 0 Å². The maximum atomic E-state index is 6.18. The van der Waals surface area contributed by atoms with Crippen molar-refractivity contribution in [3.05, 3.63) is 84.4 Å². The van der Waals surface area contributed by atoms with Crippen LogP contribution in [0.2, 0.25) is 0 Å². The molecule has 0 saturated heterocycles. The molecule has 0 atom stereocenters. The van der Waals surface area contributed by atoms with Crippen LogP contribution in [0.3, 0.4) is 0 Å². The van der Waals surface area contributed by atoms with Gasteiger partial charge >= 0.3 is 0 Å². The van der Waals surface area contributed by atoms with Gasteiger partial charge in [0.05, 0.1) is 6.61 Å². The minimum atomic E-state index is 0.521. The first-order valence-corrected chi connectivity index (χ1v) is 8.36. The Kier molecular flexibility index (Phi) is 5.52. The van der Waals surface area contributed by atoms with Crippen LogP contribution in [-0.2, 0) is 6.61 Å². The Labute approximate surface area is 143 Å². The van der Waals surface area contributed by atoms with Crippen LogP contribution >= 0.6 is 0 Å². The zero-order valence-electron chi connectivity index (χ0n) is 13.9. The van der Waals surface area contributed by atoms with Gasteiger partial charge in [0.25, 0.3) is 0 Å². The molecule has 2 nitrogen and oxygen atoms in total. The van der Waals surface area contributed by atoms with Gasteiger partial charge in [-0.15, -0.1) is 0 Å². The number of benzene rings is 3. The molecule has 0 aliphatic heterocycles. The first-order valence-electron chi connectivity index (χ1n) is 8.36. The lowest BCUT2D eigenvalue weighted by molar-refractivity contribution is 0.263. The van der Waals surface area contributed by atoms with Gasteiger partial charge in [-0.25, -0.2) is 0 Å². The zero-order valence-corrected chi connectivity index (χ0v) is 13.9. The minimum absolute atomic E-state index is 0.521. The monoisotopic (exact) mass is 318 g/mol. The van der Waals surface area contributed by atoms with Crippen molar-refractivity contribution in [2.75, 3.05) is 6.61 Å². The van der Waals surface area contributed by atoms with Gasteiger partial charge in [-0.3, -0.25) is 0 Å². The van der Waals surface area contributed by atoms with Crippen molar-refractivity contribution in [2.45, 2.75) is 20.0 Å². The van der Waals surface area contributed by atoms with E-state index in [0.29, 0.717) is 13.2 Å². The first kappa shape index (κ1) is 16.1. The number of hydrogen-bond acceptors (Lipinski definition) is 2. The Bertz CT molecular complexity index is 751. The molecule has 0 aliphatic carbocycles. The van der Waals surface area contributed by atoms with Gasteiger partial charge < -0.3 is 9.47 Å². The highest BCUT2D eigenvalue weighted by molar-refractivity contribution is 5.73. The van der Waals surface area contributed by atoms with E-state index in [2.05, 4.69) is 37.3 Å². The molecule has 0 heterocycles. The molecule has 0 aromatic heterocycles. The molecule has 0 N–H and O–H groups in total. The Hall–Kier alpha value is -2.74. The van der Waals surface area contributed by atoms with E-state index in [9.17, 15) is 0 Å². The fourth-order valence-electron chi connectivity index (χ4n) is 2.57. The van der Waals surface area contributed by atoms with Gasteiger partial charge in [0.15, 0.2) is 11.5 Å². The normalized spacial score (nSPS) is 10.4. The van der Waals surface area contributed by atoms with Gasteiger partial charge in [0.2, 0.25) is 0 Å². The third kappa shape index (κ3) is 3.96. The summed E-state index contributed by atoms with van der Waals surface area (Å²) in [4.78, 5) is 0. The fourth-order valence-corrected chi connectivity index (χ4v) is 2.57. The average molecular weight is 318 g/mol. The summed E-state index contributed by atoms with van der Waals surface area (Å²) in [5, 5.41) is 0. The summed E-state index contributed by atoms with van der Waals surface area (Å²) in [5.74, 6) is 1.61. The average Bonchev–Trinajstić information content (AvgIpc) is 2.66. The van der Waals surface area contributed by atoms with E-state index in [1.54, 1.807) is 0 Å². The third-order valence-corrected chi connectivity index (χ3v) is 3.75. The lowest BCUT2D eigenvalue weighted by Gasteiger charge is -2.16. The predicted octanol–water partition coefficient (Wildman–Crippen LogP) is 5.72. The van der Waals surface area contributed by atoms with Crippen molar-refractivity contribution < 1.29 is 9.47 Å². The van der Waals surface area contributed by atoms with Crippen molar-refractivity contribution in [1.29, 1.82) is 0 Å². The molecule has 122 valence electrons. The standard InChI is InChI=1S/C22H22O2/c1-2-16-23-21-15-9-14-20(19-12-7-4-8-13-19)22(21)24-17-18-10-5-3-6-11-18/h3-15H,2,16-17H2,1H3. The first-order chi connectivity index (χ1) is 11.9. The Morgan fingerprint density at radius 1 is 0.708 bits per heavy atom. The van der Waals surface area contributed by atoms with Crippen LogP contribution in [0.1, 0.15) is 18.9 Å². The number of para-hydroxylation sites is 1. The second-order valence-corrected chi connectivity index (χ2v) is 5.62. The molecule has 0 unspecified atom stereocenters. The molecule has 0 fully saturated rings. The fraction of sp³-hybridized carbons (Fsp3) is 0.182. The van der Waals surface area contributed by atoms with E-state index in [1.807, 2.05) is 48.5 Å². The molecule has 0 amide bonds. The second kappa shape index (κ2) is 8.21. The van der Waals surface area contributed by atoms with Gasteiger partial charge in [-0.05, 0) is 23.6 Å². The van der Waals surface area contributed by atoms with Crippen molar-refractivity contribution in [3.63, 3.8) is 0 Å². The van der Waals surface area contributed by atoms with Crippen molar-refractivity contribution in [1.82, 2.24) is 0 Å². The minimum Gasteiger partial charge on any atom is -0.490 e. The second-order valence-electron chi connectivity index (χ2n) is 5.62. The molecule has 0 bridgehead atoms. The molecule has 0 radical (unpaired) electrons. The Balaban J connectivity index is 1.93. The van der Waals surface area contributed by atoms with Gasteiger partial charge in [-0.1, -0.05) is 79.7 Å². The SMILES string of the molecule is CCCOc1cccc(-c2ccccc2)c1OCc1ccccc1. The van der Waals surface area contributed by atoms with Crippen molar-refractivity contribution in [3.8, 4) is 22.6 Å². The molecule has 0 aliphatic rings. The molecule has 3 aromatic carbocycles. The van der Waals surface area contributed by atoms with Crippen molar-refractivity contribution in [2.24, 2.45) is 0 Å². The van der Waals surface area contributed by atoms with E-state index < -0.39 is 0 Å². The van der Waals surface area contributed by atoms with Crippen LogP contribution in [0, 0.1) is 0 Å². The van der Waals surface area contributed by atoms with Crippen molar-refractivity contribution >= 4 is 0 Å². The van der Waals surface area contributed by atoms with Crippen LogP contribution in [0.5, 0.6) is 11.5 Å². The van der Waals surface area contributed by atoms with E-state index in [1.165, 1.54) is 0 Å². The maximum Gasteiger partial charge on any atom is 0.169 e. The third-order valence-electron chi connectivity index (χ3n) is 3.75. The van der Waals surface area contributed by atoms with Gasteiger partial charge in [0.1, 0.15) is 6.61 Å². The van der Waals surface area contributed by atoms with E-state index >= 15 is 0 Å². The number of ether oxygens (including phenoxy) is 2. The lowest BCUT2D eigenvalue weighted by Crippen LogP contribution is -2.02. The predicted molar refractivity (Wildman–Crippen MR) is 98.4 cm³/mol. The molecular formula is C22H22O2. The summed E-state index contributed by atoms with van der Waals surface area (Å²) in [6.07, 6.45) is 0.966. The quantitative estimate of drug-likeness (QED) is 0.554. The molecule has 3 rings (SSSR count). The largest absolute Gasteiger partial charge is 0.490 e. The number of hydrogen-bond donors (Lipinski definition) is 0. The van der Waals surface area contributed by atoms with Crippen LogP contribution in [-0.4, -0.2) is 6.61 Å². The summed E-state index contributed by atoms with van der Waals surface area (Å²) in [6.45, 7) is 3.30. The summed E-state index contributed by atoms with van der Waals surface area (Å²) in [7, 11) is 0. The van der Waals surface area contributed by atoms with Gasteiger partial charge in [0, 0.05) is 5.56 Å². The molecule has 0 spiro atoms. The van der Waals surface area contributed by atoms with E-state index in [4.69, 9.17) is 9.47 Å². The highest BCUT2D eigenvalue weighted by Gasteiger charge is 2.13. The smallest absolute Gasteiger partial charge is 0.169 e. The van der Waals surface area contributed by atoms with Crippen LogP contribution in [0.15, 0.2) is 78.9 Å². The molecule has 2 heteroatoms. The topological polar surface area (TPSA) is 18.5 Å². The number of rotatable bonds is 7. The maximum absolute atomic E-state index is 6.18. The van der Waals surface area contributed by atoms with Crippen LogP contribution in [0.4, 0.5) is 0 Å². The molecule has 3 aromatic rings. The van der Waals surface area contributed by atoms with E-state index in [0.717, 1.165) is 34.6 Å². The summed E-state index contributed by atoms with van der Waals surface area (Å²) < 4.78 is 12.1. The Morgan fingerprint density at radius 2 is 1.42 bits per heavy atom. The zero-order chi connectivity index (χ0) is 16.6. The molecule has 24 heavy (non-hydrogen) atoms. The summed E-state index contributed by atoms with van der Waals surface area (Å²) in [6, 6.07) is 26.5. The summed E-state index contributed by atoms with van der Waals surface area (Å²) >= 11 is 0. The lowest BCUT2D eigenvalue weighted by atomic mass is 10.0. The highest BCUT2D eigenvalue weighted by atomic mass is 16.5. The Morgan fingerprint density at radius 3 is 2.12 bits per heavy atom. The summed E-state index contributed by atoms with van der Waals surface area (Å²) in [5.41, 5.74) is 3.32. The molecule has 0 saturated carbocycles.